The quantitative estimate of drug-likeness (QED) is 0.771. The monoisotopic (exact) mass is 203 g/mol. The third-order valence-corrected chi connectivity index (χ3v) is 2.63. The average molecular weight is 203 g/mol. The smallest absolute Gasteiger partial charge is 0.140 e. The fourth-order valence-corrected chi connectivity index (χ4v) is 1.80. The number of fused-ring (bicyclic) bond motifs is 1. The van der Waals surface area contributed by atoms with E-state index >= 15 is 0 Å². The van der Waals surface area contributed by atoms with Crippen molar-refractivity contribution in [3.8, 4) is 0 Å². The summed E-state index contributed by atoms with van der Waals surface area (Å²) in [6.07, 6.45) is 3.87. The zero-order chi connectivity index (χ0) is 11.1. The minimum atomic E-state index is 0.111. The van der Waals surface area contributed by atoms with Crippen LogP contribution in [0.4, 0.5) is 0 Å². The average Bonchev–Trinajstić information content (AvgIpc) is 2.58. The molecule has 3 heteroatoms. The van der Waals surface area contributed by atoms with E-state index in [0.717, 1.165) is 11.3 Å². The SMILES string of the molecule is CC(C)(C)c1cccn2c(CN)cnc12. The molecule has 80 valence electrons. The maximum absolute atomic E-state index is 5.66. The third kappa shape index (κ3) is 1.63. The molecular formula is C12H17N3. The number of nitrogens with zero attached hydrogens (tertiary/aromatic N) is 2. The van der Waals surface area contributed by atoms with Crippen LogP contribution in [0.3, 0.4) is 0 Å². The predicted octanol–water partition coefficient (Wildman–Crippen LogP) is 2.09. The van der Waals surface area contributed by atoms with Crippen LogP contribution in [0.5, 0.6) is 0 Å². The van der Waals surface area contributed by atoms with Crippen molar-refractivity contribution < 1.29 is 0 Å². The van der Waals surface area contributed by atoms with Crippen molar-refractivity contribution >= 4 is 5.65 Å². The van der Waals surface area contributed by atoms with Gasteiger partial charge in [-0.25, -0.2) is 4.98 Å². The highest BCUT2D eigenvalue weighted by atomic mass is 15.0. The molecule has 0 bridgehead atoms. The summed E-state index contributed by atoms with van der Waals surface area (Å²) >= 11 is 0. The predicted molar refractivity (Wildman–Crippen MR) is 61.8 cm³/mol. The van der Waals surface area contributed by atoms with Gasteiger partial charge < -0.3 is 10.1 Å². The molecule has 0 aliphatic rings. The number of imidazole rings is 1. The van der Waals surface area contributed by atoms with E-state index in [1.807, 2.05) is 12.4 Å². The Morgan fingerprint density at radius 3 is 2.73 bits per heavy atom. The fraction of sp³-hybridized carbons (Fsp3) is 0.417. The lowest BCUT2D eigenvalue weighted by molar-refractivity contribution is 0.591. The maximum Gasteiger partial charge on any atom is 0.140 e. The van der Waals surface area contributed by atoms with Gasteiger partial charge >= 0.3 is 0 Å². The molecule has 0 radical (unpaired) electrons. The molecular weight excluding hydrogens is 186 g/mol. The van der Waals surface area contributed by atoms with E-state index in [9.17, 15) is 0 Å². The topological polar surface area (TPSA) is 43.3 Å². The molecule has 2 rings (SSSR count). The lowest BCUT2D eigenvalue weighted by atomic mass is 9.88. The summed E-state index contributed by atoms with van der Waals surface area (Å²) in [5, 5.41) is 0. The molecule has 2 aromatic rings. The Hall–Kier alpha value is -1.35. The molecule has 0 amide bonds. The minimum Gasteiger partial charge on any atom is -0.325 e. The largest absolute Gasteiger partial charge is 0.325 e. The summed E-state index contributed by atoms with van der Waals surface area (Å²) < 4.78 is 2.07. The Labute approximate surface area is 89.9 Å². The van der Waals surface area contributed by atoms with E-state index in [2.05, 4.69) is 42.3 Å². The van der Waals surface area contributed by atoms with Crippen LogP contribution in [0.15, 0.2) is 24.5 Å². The summed E-state index contributed by atoms with van der Waals surface area (Å²) in [6, 6.07) is 4.18. The molecule has 0 saturated carbocycles. The molecule has 2 N–H and O–H groups in total. The van der Waals surface area contributed by atoms with Crippen molar-refractivity contribution in [3.05, 3.63) is 35.8 Å². The van der Waals surface area contributed by atoms with Gasteiger partial charge in [-0.1, -0.05) is 26.8 Å². The Morgan fingerprint density at radius 1 is 1.40 bits per heavy atom. The number of hydrogen-bond donors (Lipinski definition) is 1. The van der Waals surface area contributed by atoms with Gasteiger partial charge in [-0.05, 0) is 11.5 Å². The van der Waals surface area contributed by atoms with Gasteiger partial charge in [0, 0.05) is 18.3 Å². The van der Waals surface area contributed by atoms with Gasteiger partial charge in [0.1, 0.15) is 5.65 Å². The van der Waals surface area contributed by atoms with Crippen molar-refractivity contribution in [1.29, 1.82) is 0 Å². The van der Waals surface area contributed by atoms with E-state index in [4.69, 9.17) is 5.73 Å². The van der Waals surface area contributed by atoms with Crippen molar-refractivity contribution in [2.75, 3.05) is 0 Å². The van der Waals surface area contributed by atoms with Gasteiger partial charge in [0.15, 0.2) is 0 Å². The summed E-state index contributed by atoms with van der Waals surface area (Å²) in [5.41, 5.74) is 9.09. The molecule has 3 nitrogen and oxygen atoms in total. The fourth-order valence-electron chi connectivity index (χ4n) is 1.80. The molecule has 0 fully saturated rings. The Bertz CT molecular complexity index is 477. The first-order valence-electron chi connectivity index (χ1n) is 5.19. The molecule has 0 atom stereocenters. The van der Waals surface area contributed by atoms with Crippen LogP contribution < -0.4 is 5.73 Å². The lowest BCUT2D eigenvalue weighted by Gasteiger charge is -2.19. The molecule has 0 aromatic carbocycles. The van der Waals surface area contributed by atoms with E-state index in [-0.39, 0.29) is 5.41 Å². The molecule has 2 heterocycles. The Morgan fingerprint density at radius 2 is 2.13 bits per heavy atom. The van der Waals surface area contributed by atoms with E-state index in [1.54, 1.807) is 0 Å². The highest BCUT2D eigenvalue weighted by molar-refractivity contribution is 5.52. The number of pyridine rings is 1. The standard InChI is InChI=1S/C12H17N3/c1-12(2,3)10-5-4-6-15-9(7-13)8-14-11(10)15/h4-6,8H,7,13H2,1-3H3. The lowest BCUT2D eigenvalue weighted by Crippen LogP contribution is -2.13. The first kappa shape index (κ1) is 10.2. The summed E-state index contributed by atoms with van der Waals surface area (Å²) in [4.78, 5) is 4.44. The van der Waals surface area contributed by atoms with Crippen LogP contribution in [0.2, 0.25) is 0 Å². The normalized spacial score (nSPS) is 12.3. The number of hydrogen-bond acceptors (Lipinski definition) is 2. The highest BCUT2D eigenvalue weighted by Gasteiger charge is 2.18. The van der Waals surface area contributed by atoms with Crippen LogP contribution in [-0.4, -0.2) is 9.38 Å². The molecule has 0 saturated heterocycles. The van der Waals surface area contributed by atoms with Gasteiger partial charge in [-0.3, -0.25) is 0 Å². The highest BCUT2D eigenvalue weighted by Crippen LogP contribution is 2.26. The van der Waals surface area contributed by atoms with Gasteiger partial charge in [0.25, 0.3) is 0 Å². The van der Waals surface area contributed by atoms with Crippen LogP contribution in [0.1, 0.15) is 32.0 Å². The zero-order valence-corrected chi connectivity index (χ0v) is 9.49. The molecule has 0 aliphatic carbocycles. The van der Waals surface area contributed by atoms with Crippen LogP contribution in [0.25, 0.3) is 5.65 Å². The number of aromatic nitrogens is 2. The number of nitrogens with two attached hydrogens (primary N) is 1. The summed E-state index contributed by atoms with van der Waals surface area (Å²) in [6.45, 7) is 7.10. The molecule has 15 heavy (non-hydrogen) atoms. The molecule has 2 aromatic heterocycles. The first-order valence-corrected chi connectivity index (χ1v) is 5.19. The Balaban J connectivity index is 2.73. The summed E-state index contributed by atoms with van der Waals surface area (Å²) in [7, 11) is 0. The minimum absolute atomic E-state index is 0.111. The van der Waals surface area contributed by atoms with Crippen molar-refractivity contribution in [2.45, 2.75) is 32.7 Å². The van der Waals surface area contributed by atoms with Gasteiger partial charge in [0.2, 0.25) is 0 Å². The van der Waals surface area contributed by atoms with Crippen LogP contribution in [0, 0.1) is 0 Å². The number of rotatable bonds is 1. The van der Waals surface area contributed by atoms with Crippen molar-refractivity contribution in [1.82, 2.24) is 9.38 Å². The maximum atomic E-state index is 5.66. The van der Waals surface area contributed by atoms with Crippen LogP contribution >= 0.6 is 0 Å². The second kappa shape index (κ2) is 3.35. The van der Waals surface area contributed by atoms with E-state index in [0.29, 0.717) is 6.54 Å². The van der Waals surface area contributed by atoms with Gasteiger partial charge in [-0.15, -0.1) is 0 Å². The first-order chi connectivity index (χ1) is 7.04. The van der Waals surface area contributed by atoms with Crippen molar-refractivity contribution in [3.63, 3.8) is 0 Å². The Kier molecular flexibility index (Phi) is 2.27. The molecule has 0 unspecified atom stereocenters. The van der Waals surface area contributed by atoms with E-state index in [1.165, 1.54) is 5.56 Å². The molecule has 0 spiro atoms. The van der Waals surface area contributed by atoms with Gasteiger partial charge in [-0.2, -0.15) is 0 Å². The third-order valence-electron chi connectivity index (χ3n) is 2.63. The van der Waals surface area contributed by atoms with E-state index < -0.39 is 0 Å². The van der Waals surface area contributed by atoms with Gasteiger partial charge in [0.05, 0.1) is 11.9 Å². The van der Waals surface area contributed by atoms with Crippen molar-refractivity contribution in [2.24, 2.45) is 5.73 Å². The molecule has 0 aliphatic heterocycles. The second-order valence-corrected chi connectivity index (χ2v) is 4.82. The van der Waals surface area contributed by atoms with Crippen LogP contribution in [-0.2, 0) is 12.0 Å². The zero-order valence-electron chi connectivity index (χ0n) is 9.49. The second-order valence-electron chi connectivity index (χ2n) is 4.82. The summed E-state index contributed by atoms with van der Waals surface area (Å²) in [5.74, 6) is 0.